The van der Waals surface area contributed by atoms with Gasteiger partial charge in [-0.3, -0.25) is 29.5 Å². The van der Waals surface area contributed by atoms with E-state index in [-0.39, 0.29) is 52.9 Å². The molecule has 0 bridgehead atoms. The summed E-state index contributed by atoms with van der Waals surface area (Å²) in [6, 6.07) is 24.0. The van der Waals surface area contributed by atoms with Gasteiger partial charge in [0.15, 0.2) is 13.2 Å². The van der Waals surface area contributed by atoms with Crippen LogP contribution < -0.4 is 31.2 Å². The maximum absolute atomic E-state index is 12.6. The Labute approximate surface area is 407 Å². The average molecular weight is 1010 g/mol. The molecule has 0 aliphatic carbocycles. The number of ether oxygens (including phenoxy) is 2. The summed E-state index contributed by atoms with van der Waals surface area (Å²) in [5.41, 5.74) is 8.14. The van der Waals surface area contributed by atoms with Crippen LogP contribution in [0, 0.1) is 0 Å². The molecule has 0 spiro atoms. The van der Waals surface area contributed by atoms with E-state index < -0.39 is 43.0 Å². The molecule has 6 aromatic heterocycles. The number of anilines is 5. The first-order valence-electron chi connectivity index (χ1n) is 20.2. The quantitative estimate of drug-likeness (QED) is 0.0487. The van der Waals surface area contributed by atoms with Crippen LogP contribution in [0.1, 0.15) is 49.2 Å². The first-order chi connectivity index (χ1) is 33.1. The molecule has 0 aliphatic rings. The van der Waals surface area contributed by atoms with Crippen LogP contribution in [0.3, 0.4) is 0 Å². The Morgan fingerprint density at radius 1 is 0.634 bits per heavy atom. The fraction of sp³-hybridized carbons (Fsp3) is 0.191. The Hall–Kier alpha value is -8.31. The van der Waals surface area contributed by atoms with Crippen LogP contribution in [0.2, 0.25) is 5.28 Å². The lowest BCUT2D eigenvalue weighted by Crippen LogP contribution is -2.21. The number of halogens is 7. The van der Waals surface area contributed by atoms with E-state index >= 15 is 0 Å². The number of carbonyl (C=O) groups excluding carboxylic acids is 2. The highest BCUT2D eigenvalue weighted by molar-refractivity contribution is 6.28. The molecule has 372 valence electrons. The largest absolute Gasteiger partial charge is 0.482 e. The molecule has 24 heteroatoms. The fourth-order valence-electron chi connectivity index (χ4n) is 5.26. The SMILES string of the molecule is C.CC(C)(C)O.Nc1ccc2cccnc2c1.O=C(Nc1cnccc1OCC(F)(F)F)c1ccnc(Cl)n1.O=C(Nc1cnccc1OCC(F)(F)F)c1ccnc(Nc2ccc3cccnc3c2)n1. The maximum atomic E-state index is 12.6. The zero-order chi connectivity index (χ0) is 50.9. The summed E-state index contributed by atoms with van der Waals surface area (Å²) in [5, 5.41) is 18.3. The lowest BCUT2D eigenvalue weighted by Gasteiger charge is -2.13. The number of nitrogen functional groups attached to an aromatic ring is 1. The number of amides is 2. The van der Waals surface area contributed by atoms with Crippen molar-refractivity contribution in [2.75, 3.05) is 34.9 Å². The highest BCUT2D eigenvalue weighted by atomic mass is 35.5. The van der Waals surface area contributed by atoms with E-state index in [1.165, 1.54) is 55.2 Å². The molecular weight excluding hydrogens is 962 g/mol. The Bertz CT molecular complexity index is 3010. The molecule has 6 N–H and O–H groups in total. The van der Waals surface area contributed by atoms with E-state index in [4.69, 9.17) is 27.2 Å². The second-order valence-corrected chi connectivity index (χ2v) is 15.4. The van der Waals surface area contributed by atoms with Crippen LogP contribution in [0.15, 0.2) is 135 Å². The molecule has 0 saturated carbocycles. The van der Waals surface area contributed by atoms with Crippen LogP contribution >= 0.6 is 11.6 Å². The van der Waals surface area contributed by atoms with Gasteiger partial charge in [-0.2, -0.15) is 26.3 Å². The van der Waals surface area contributed by atoms with E-state index in [1.54, 1.807) is 33.2 Å². The van der Waals surface area contributed by atoms with Gasteiger partial charge in [-0.1, -0.05) is 31.7 Å². The summed E-state index contributed by atoms with van der Waals surface area (Å²) in [7, 11) is 0. The van der Waals surface area contributed by atoms with Crippen molar-refractivity contribution in [3.63, 3.8) is 0 Å². The predicted molar refractivity (Wildman–Crippen MR) is 256 cm³/mol. The molecule has 71 heavy (non-hydrogen) atoms. The third-order valence-electron chi connectivity index (χ3n) is 8.08. The van der Waals surface area contributed by atoms with Crippen LogP contribution in [-0.2, 0) is 0 Å². The van der Waals surface area contributed by atoms with Crippen molar-refractivity contribution in [2.24, 2.45) is 0 Å². The van der Waals surface area contributed by atoms with Gasteiger partial charge in [-0.05, 0) is 80.9 Å². The molecule has 0 radical (unpaired) electrons. The second kappa shape index (κ2) is 25.3. The summed E-state index contributed by atoms with van der Waals surface area (Å²) in [5.74, 6) is -1.52. The van der Waals surface area contributed by atoms with Crippen molar-refractivity contribution < 1.29 is 50.5 Å². The molecule has 2 amide bonds. The van der Waals surface area contributed by atoms with Crippen molar-refractivity contribution >= 4 is 73.9 Å². The Balaban J connectivity index is 0.000000241. The number of hydrogen-bond donors (Lipinski definition) is 5. The zero-order valence-corrected chi connectivity index (χ0v) is 37.8. The van der Waals surface area contributed by atoms with Gasteiger partial charge in [0.05, 0.1) is 29.0 Å². The molecule has 0 atom stereocenters. The van der Waals surface area contributed by atoms with Crippen molar-refractivity contribution in [3.05, 3.63) is 151 Å². The van der Waals surface area contributed by atoms with Crippen LogP contribution in [0.25, 0.3) is 21.8 Å². The Morgan fingerprint density at radius 2 is 1.11 bits per heavy atom. The number of aromatic nitrogens is 8. The van der Waals surface area contributed by atoms with E-state index in [1.807, 2.05) is 60.7 Å². The summed E-state index contributed by atoms with van der Waals surface area (Å²) >= 11 is 5.56. The molecule has 2 aromatic carbocycles. The zero-order valence-electron chi connectivity index (χ0n) is 37.0. The van der Waals surface area contributed by atoms with Gasteiger partial charge in [0.2, 0.25) is 11.2 Å². The third-order valence-corrected chi connectivity index (χ3v) is 8.26. The molecule has 17 nitrogen and oxygen atoms in total. The van der Waals surface area contributed by atoms with Gasteiger partial charge in [0.1, 0.15) is 34.3 Å². The summed E-state index contributed by atoms with van der Waals surface area (Å²) in [6.45, 7) is 2.24. The molecule has 0 fully saturated rings. The number of hydrogen-bond acceptors (Lipinski definition) is 15. The number of aliphatic hydroxyl groups is 1. The van der Waals surface area contributed by atoms with Gasteiger partial charge >= 0.3 is 12.4 Å². The Kier molecular flexibility index (Phi) is 19.7. The van der Waals surface area contributed by atoms with Gasteiger partial charge in [0.25, 0.3) is 11.8 Å². The first-order valence-corrected chi connectivity index (χ1v) is 20.6. The molecule has 0 unspecified atom stereocenters. The lowest BCUT2D eigenvalue weighted by molar-refractivity contribution is -0.154. The van der Waals surface area contributed by atoms with Crippen LogP contribution in [0.5, 0.6) is 11.5 Å². The lowest BCUT2D eigenvalue weighted by atomic mass is 10.2. The van der Waals surface area contributed by atoms with Crippen LogP contribution in [-0.4, -0.2) is 88.0 Å². The van der Waals surface area contributed by atoms with Crippen molar-refractivity contribution in [2.45, 2.75) is 46.2 Å². The molecule has 8 aromatic rings. The number of rotatable bonds is 10. The van der Waals surface area contributed by atoms with Crippen molar-refractivity contribution in [1.29, 1.82) is 0 Å². The number of pyridine rings is 4. The topological polar surface area (TPSA) is 238 Å². The number of fused-ring (bicyclic) bond motifs is 2. The van der Waals surface area contributed by atoms with Crippen LogP contribution in [0.4, 0.5) is 55.0 Å². The molecule has 0 saturated heterocycles. The van der Waals surface area contributed by atoms with Gasteiger partial charge in [-0.15, -0.1) is 0 Å². The minimum absolute atomic E-state index is 0. The summed E-state index contributed by atoms with van der Waals surface area (Å²) < 4.78 is 83.3. The van der Waals surface area contributed by atoms with E-state index in [0.717, 1.165) is 33.7 Å². The van der Waals surface area contributed by atoms with Gasteiger partial charge < -0.3 is 36.3 Å². The summed E-state index contributed by atoms with van der Waals surface area (Å²) in [4.78, 5) is 56.1. The van der Waals surface area contributed by atoms with E-state index in [9.17, 15) is 35.9 Å². The number of alkyl halides is 6. The van der Waals surface area contributed by atoms with Gasteiger partial charge in [0, 0.05) is 71.5 Å². The molecule has 8 rings (SSSR count). The number of nitrogens with zero attached hydrogens (tertiary/aromatic N) is 8. The van der Waals surface area contributed by atoms with E-state index in [0.29, 0.717) is 5.69 Å². The minimum atomic E-state index is -4.52. The monoisotopic (exact) mass is 1010 g/mol. The third kappa shape index (κ3) is 19.7. The predicted octanol–water partition coefficient (Wildman–Crippen LogP) is 10.3. The smallest absolute Gasteiger partial charge is 0.422 e. The van der Waals surface area contributed by atoms with E-state index in [2.05, 4.69) is 60.6 Å². The van der Waals surface area contributed by atoms with Crippen molar-refractivity contribution in [3.8, 4) is 11.5 Å². The minimum Gasteiger partial charge on any atom is -0.482 e. The second-order valence-electron chi connectivity index (χ2n) is 15.1. The fourth-order valence-corrected chi connectivity index (χ4v) is 5.41. The maximum Gasteiger partial charge on any atom is 0.422 e. The van der Waals surface area contributed by atoms with Gasteiger partial charge in [-0.25, -0.2) is 19.9 Å². The number of nitrogens with two attached hydrogens (primary N) is 1. The highest BCUT2D eigenvalue weighted by Crippen LogP contribution is 2.28. The standard InChI is InChI=1S/C21H15F3N6O2.C12H8ClF3N4O2.C9H8N2.C4H10O.CH4/c22-21(23,24)12-32-18-6-8-25-11-17(18)29-19(31)15-5-9-27-20(30-15)28-14-4-3-13-2-1-7-26-16(13)10-14;13-11-18-4-1-7(20-11)10(21)19-8-5-17-3-2-9(8)22-6-12(14,15)16;10-8-4-3-7-2-1-5-11-9(7)6-8;1-4(2,3)5;/h1-11H,12H2,(H,29,31)(H,27,28,30);1-5H,6H2,(H,19,21);1-6H,10H2;5H,1-3H3;1H4. The summed E-state index contributed by atoms with van der Waals surface area (Å²) in [6.07, 6.45) is 1.93. The van der Waals surface area contributed by atoms with Crippen molar-refractivity contribution in [1.82, 2.24) is 39.9 Å². The Morgan fingerprint density at radius 3 is 1.62 bits per heavy atom. The molecular formula is C47H45ClF6N12O5. The molecule has 6 heterocycles. The number of carbonyl (C=O) groups is 2. The molecule has 0 aliphatic heterocycles. The first kappa shape index (κ1) is 55.3. The number of benzene rings is 2. The number of nitrogens with one attached hydrogen (secondary N) is 3. The highest BCUT2D eigenvalue weighted by Gasteiger charge is 2.30. The normalized spacial score (nSPS) is 10.9. The average Bonchev–Trinajstić information content (AvgIpc) is 3.30.